The first-order valence-corrected chi connectivity index (χ1v) is 11.0. The summed E-state index contributed by atoms with van der Waals surface area (Å²) >= 11 is 0. The SMILES string of the molecule is Cc1cc(C)cc(N2C(=O)N(Cc3ccc(C#N)cc3)[C@@H]3CS(=O)(=O)C[C@H]32)c1. The van der Waals surface area contributed by atoms with Crippen molar-refractivity contribution in [2.24, 2.45) is 0 Å². The molecule has 4 rings (SSSR count). The summed E-state index contributed by atoms with van der Waals surface area (Å²) in [7, 11) is -3.20. The third kappa shape index (κ3) is 3.25. The van der Waals surface area contributed by atoms with Crippen molar-refractivity contribution in [1.29, 1.82) is 5.26 Å². The first-order chi connectivity index (χ1) is 13.3. The molecule has 144 valence electrons. The van der Waals surface area contributed by atoms with Crippen LogP contribution in [0.25, 0.3) is 0 Å². The van der Waals surface area contributed by atoms with Crippen molar-refractivity contribution < 1.29 is 13.2 Å². The molecule has 2 fully saturated rings. The van der Waals surface area contributed by atoms with Gasteiger partial charge in [0.15, 0.2) is 9.84 Å². The highest BCUT2D eigenvalue weighted by atomic mass is 32.2. The average Bonchev–Trinajstić information content (AvgIpc) is 3.05. The standard InChI is InChI=1S/C21H21N3O3S/c1-14-7-15(2)9-18(8-14)24-20-13-28(26,27)12-19(20)23(21(24)25)11-17-5-3-16(10-22)4-6-17/h3-9,19-20H,11-13H2,1-2H3/t19-,20-/m1/s1. The third-order valence-electron chi connectivity index (χ3n) is 5.40. The second-order valence-corrected chi connectivity index (χ2v) is 9.80. The molecule has 2 heterocycles. The smallest absolute Gasteiger partial charge is 0.314 e. The molecule has 2 atom stereocenters. The van der Waals surface area contributed by atoms with Gasteiger partial charge >= 0.3 is 6.03 Å². The van der Waals surface area contributed by atoms with Gasteiger partial charge in [-0.05, 0) is 54.8 Å². The van der Waals surface area contributed by atoms with E-state index in [0.717, 1.165) is 22.4 Å². The Morgan fingerprint density at radius 3 is 2.25 bits per heavy atom. The summed E-state index contributed by atoms with van der Waals surface area (Å²) in [6.07, 6.45) is 0. The number of benzene rings is 2. The number of carbonyl (C=O) groups is 1. The van der Waals surface area contributed by atoms with Gasteiger partial charge in [0.25, 0.3) is 0 Å². The Balaban J connectivity index is 1.71. The number of fused-ring (bicyclic) bond motifs is 1. The van der Waals surface area contributed by atoms with Gasteiger partial charge < -0.3 is 4.90 Å². The number of aryl methyl sites for hydroxylation is 2. The maximum absolute atomic E-state index is 13.3. The molecule has 0 N–H and O–H groups in total. The summed E-state index contributed by atoms with van der Waals surface area (Å²) in [5, 5.41) is 8.95. The molecule has 28 heavy (non-hydrogen) atoms. The van der Waals surface area contributed by atoms with Crippen LogP contribution in [-0.2, 0) is 16.4 Å². The average molecular weight is 395 g/mol. The van der Waals surface area contributed by atoms with Gasteiger partial charge in [0, 0.05) is 12.2 Å². The van der Waals surface area contributed by atoms with Crippen molar-refractivity contribution in [2.45, 2.75) is 32.5 Å². The first-order valence-electron chi connectivity index (χ1n) is 9.15. The van der Waals surface area contributed by atoms with Gasteiger partial charge in [0.2, 0.25) is 0 Å². The maximum atomic E-state index is 13.3. The van der Waals surface area contributed by atoms with Crippen LogP contribution in [0.1, 0.15) is 22.3 Å². The number of hydrogen-bond donors (Lipinski definition) is 0. The van der Waals surface area contributed by atoms with Crippen molar-refractivity contribution >= 4 is 21.6 Å². The second kappa shape index (κ2) is 6.64. The minimum atomic E-state index is -3.20. The van der Waals surface area contributed by atoms with Gasteiger partial charge in [-0.1, -0.05) is 18.2 Å². The zero-order chi connectivity index (χ0) is 20.1. The number of urea groups is 1. The van der Waals surface area contributed by atoms with Gasteiger partial charge in [-0.25, -0.2) is 13.2 Å². The monoisotopic (exact) mass is 395 g/mol. The molecule has 0 saturated carbocycles. The van der Waals surface area contributed by atoms with E-state index >= 15 is 0 Å². The van der Waals surface area contributed by atoms with Crippen molar-refractivity contribution in [3.05, 3.63) is 64.7 Å². The molecule has 0 aliphatic carbocycles. The van der Waals surface area contributed by atoms with Crippen LogP contribution in [0.3, 0.4) is 0 Å². The highest BCUT2D eigenvalue weighted by Crippen LogP contribution is 2.36. The number of hydrogen-bond acceptors (Lipinski definition) is 4. The number of anilines is 1. The number of rotatable bonds is 3. The Bertz CT molecular complexity index is 1070. The summed E-state index contributed by atoms with van der Waals surface area (Å²) in [6, 6.07) is 14.1. The molecule has 0 bridgehead atoms. The molecular weight excluding hydrogens is 374 g/mol. The minimum Gasteiger partial charge on any atom is -0.314 e. The lowest BCUT2D eigenvalue weighted by molar-refractivity contribution is 0.206. The van der Waals surface area contributed by atoms with Crippen LogP contribution in [0.5, 0.6) is 0 Å². The topological polar surface area (TPSA) is 81.5 Å². The molecule has 0 spiro atoms. The van der Waals surface area contributed by atoms with Crippen LogP contribution >= 0.6 is 0 Å². The Morgan fingerprint density at radius 1 is 1.04 bits per heavy atom. The number of amides is 2. The highest BCUT2D eigenvalue weighted by Gasteiger charge is 2.53. The Morgan fingerprint density at radius 2 is 1.64 bits per heavy atom. The van der Waals surface area contributed by atoms with E-state index in [4.69, 9.17) is 5.26 Å². The van der Waals surface area contributed by atoms with Crippen molar-refractivity contribution in [3.8, 4) is 6.07 Å². The quantitative estimate of drug-likeness (QED) is 0.749. The van der Waals surface area contributed by atoms with E-state index in [-0.39, 0.29) is 29.6 Å². The normalized spacial score (nSPS) is 23.0. The van der Waals surface area contributed by atoms with Crippen LogP contribution in [0.4, 0.5) is 10.5 Å². The fraction of sp³-hybridized carbons (Fsp3) is 0.333. The zero-order valence-electron chi connectivity index (χ0n) is 15.8. The molecule has 2 amide bonds. The summed E-state index contributed by atoms with van der Waals surface area (Å²) in [5.41, 5.74) is 4.24. The van der Waals surface area contributed by atoms with Crippen molar-refractivity contribution in [2.75, 3.05) is 16.4 Å². The van der Waals surface area contributed by atoms with Crippen molar-refractivity contribution in [1.82, 2.24) is 4.90 Å². The van der Waals surface area contributed by atoms with Crippen LogP contribution < -0.4 is 4.90 Å². The van der Waals surface area contributed by atoms with Crippen LogP contribution in [-0.4, -0.2) is 42.9 Å². The lowest BCUT2D eigenvalue weighted by Crippen LogP contribution is -2.37. The molecule has 6 nitrogen and oxygen atoms in total. The van der Waals surface area contributed by atoms with E-state index in [9.17, 15) is 13.2 Å². The molecule has 2 aliphatic heterocycles. The zero-order valence-corrected chi connectivity index (χ0v) is 16.6. The summed E-state index contributed by atoms with van der Waals surface area (Å²) in [6.45, 7) is 4.26. The molecule has 2 aliphatic rings. The Kier molecular flexibility index (Phi) is 4.39. The third-order valence-corrected chi connectivity index (χ3v) is 7.10. The predicted octanol–water partition coefficient (Wildman–Crippen LogP) is 2.78. The first kappa shape index (κ1) is 18.5. The fourth-order valence-corrected chi connectivity index (χ4v) is 6.18. The van der Waals surface area contributed by atoms with E-state index in [1.165, 1.54) is 0 Å². The van der Waals surface area contributed by atoms with Gasteiger partial charge in [-0.3, -0.25) is 4.90 Å². The molecule has 0 aromatic heterocycles. The van der Waals surface area contributed by atoms with E-state index in [1.807, 2.05) is 44.2 Å². The number of nitrogens with zero attached hydrogens (tertiary/aromatic N) is 3. The summed E-state index contributed by atoms with van der Waals surface area (Å²) < 4.78 is 24.7. The Hall–Kier alpha value is -2.85. The summed E-state index contributed by atoms with van der Waals surface area (Å²) in [5.74, 6) is -0.0265. The molecule has 7 heteroatoms. The minimum absolute atomic E-state index is 0.0129. The lowest BCUT2D eigenvalue weighted by atomic mass is 10.1. The van der Waals surface area contributed by atoms with E-state index in [0.29, 0.717) is 12.1 Å². The van der Waals surface area contributed by atoms with Crippen LogP contribution in [0, 0.1) is 25.2 Å². The van der Waals surface area contributed by atoms with Gasteiger partial charge in [-0.15, -0.1) is 0 Å². The van der Waals surface area contributed by atoms with E-state index < -0.39 is 9.84 Å². The lowest BCUT2D eigenvalue weighted by Gasteiger charge is -2.23. The maximum Gasteiger partial charge on any atom is 0.325 e. The largest absolute Gasteiger partial charge is 0.325 e. The second-order valence-electron chi connectivity index (χ2n) is 7.65. The number of carbonyl (C=O) groups excluding carboxylic acids is 1. The summed E-state index contributed by atoms with van der Waals surface area (Å²) in [4.78, 5) is 16.6. The molecule has 2 aromatic carbocycles. The molecule has 0 unspecified atom stereocenters. The molecule has 0 radical (unpaired) electrons. The van der Waals surface area contributed by atoms with Gasteiger partial charge in [0.1, 0.15) is 0 Å². The van der Waals surface area contributed by atoms with Crippen molar-refractivity contribution in [3.63, 3.8) is 0 Å². The molecular formula is C21H21N3O3S. The van der Waals surface area contributed by atoms with E-state index in [2.05, 4.69) is 6.07 Å². The number of nitriles is 1. The van der Waals surface area contributed by atoms with Gasteiger partial charge in [0.05, 0.1) is 35.2 Å². The van der Waals surface area contributed by atoms with E-state index in [1.54, 1.807) is 21.9 Å². The van der Waals surface area contributed by atoms with Crippen LogP contribution in [0.15, 0.2) is 42.5 Å². The van der Waals surface area contributed by atoms with Crippen LogP contribution in [0.2, 0.25) is 0 Å². The number of sulfone groups is 1. The van der Waals surface area contributed by atoms with Gasteiger partial charge in [-0.2, -0.15) is 5.26 Å². The molecule has 2 aromatic rings. The predicted molar refractivity (Wildman–Crippen MR) is 107 cm³/mol. The highest BCUT2D eigenvalue weighted by molar-refractivity contribution is 7.91. The molecule has 2 saturated heterocycles. The Labute approximate surface area is 164 Å². The fourth-order valence-electron chi connectivity index (χ4n) is 4.23.